The normalized spacial score (nSPS) is 9.86. The van der Waals surface area contributed by atoms with Crippen molar-refractivity contribution in [2.45, 2.75) is 6.42 Å². The van der Waals surface area contributed by atoms with E-state index in [0.29, 0.717) is 5.02 Å². The van der Waals surface area contributed by atoms with E-state index in [1.807, 2.05) is 0 Å². The van der Waals surface area contributed by atoms with Crippen LogP contribution in [0.25, 0.3) is 5.57 Å². The van der Waals surface area contributed by atoms with Crippen LogP contribution in [0.1, 0.15) is 12.0 Å². The van der Waals surface area contributed by atoms with Gasteiger partial charge in [0.1, 0.15) is 5.82 Å². The molecule has 0 amide bonds. The third-order valence-corrected chi connectivity index (χ3v) is 1.91. The van der Waals surface area contributed by atoms with E-state index < -0.39 is 11.8 Å². The minimum Gasteiger partial charge on any atom is -0.481 e. The Bertz CT molecular complexity index is 388. The molecule has 0 atom stereocenters. The summed E-state index contributed by atoms with van der Waals surface area (Å²) in [4.78, 5) is 10.4. The van der Waals surface area contributed by atoms with Gasteiger partial charge in [-0.1, -0.05) is 18.2 Å². The Morgan fingerprint density at radius 1 is 1.57 bits per heavy atom. The lowest BCUT2D eigenvalue weighted by atomic mass is 10.0. The van der Waals surface area contributed by atoms with Gasteiger partial charge in [0.2, 0.25) is 0 Å². The van der Waals surface area contributed by atoms with E-state index in [9.17, 15) is 9.18 Å². The smallest absolute Gasteiger partial charge is 0.307 e. The lowest BCUT2D eigenvalue weighted by molar-refractivity contribution is -0.135. The van der Waals surface area contributed by atoms with Gasteiger partial charge < -0.3 is 5.11 Å². The molecular weight excluding hydrogens is 207 g/mol. The molecule has 1 aromatic carbocycles. The maximum absolute atomic E-state index is 13.2. The van der Waals surface area contributed by atoms with Crippen molar-refractivity contribution in [1.29, 1.82) is 0 Å². The second-order valence-corrected chi connectivity index (χ2v) is 3.23. The topological polar surface area (TPSA) is 37.3 Å². The second-order valence-electron chi connectivity index (χ2n) is 2.80. The molecule has 0 aliphatic rings. The molecule has 0 aliphatic carbocycles. The van der Waals surface area contributed by atoms with E-state index in [1.54, 1.807) is 0 Å². The number of hydrogen-bond acceptors (Lipinski definition) is 1. The molecule has 14 heavy (non-hydrogen) atoms. The number of carboxylic acids is 1. The van der Waals surface area contributed by atoms with Crippen molar-refractivity contribution >= 4 is 23.1 Å². The highest BCUT2D eigenvalue weighted by molar-refractivity contribution is 6.30. The van der Waals surface area contributed by atoms with Crippen LogP contribution < -0.4 is 0 Å². The van der Waals surface area contributed by atoms with Crippen molar-refractivity contribution in [2.75, 3.05) is 0 Å². The minimum absolute atomic E-state index is 0.153. The van der Waals surface area contributed by atoms with Gasteiger partial charge in [0.15, 0.2) is 0 Å². The van der Waals surface area contributed by atoms with E-state index in [0.717, 1.165) is 0 Å². The monoisotopic (exact) mass is 214 g/mol. The summed E-state index contributed by atoms with van der Waals surface area (Å²) in [5, 5.41) is 8.84. The molecule has 0 radical (unpaired) electrons. The lowest BCUT2D eigenvalue weighted by Gasteiger charge is -2.04. The molecule has 0 aromatic heterocycles. The van der Waals surface area contributed by atoms with Crippen LogP contribution in [-0.2, 0) is 4.79 Å². The van der Waals surface area contributed by atoms with Crippen molar-refractivity contribution in [3.05, 3.63) is 41.2 Å². The SMILES string of the molecule is C=C(CC(=O)O)c1cc(Cl)ccc1F. The van der Waals surface area contributed by atoms with Crippen LogP contribution in [0.15, 0.2) is 24.8 Å². The Balaban J connectivity index is 3.00. The van der Waals surface area contributed by atoms with Gasteiger partial charge in [0.05, 0.1) is 6.42 Å². The molecule has 4 heteroatoms. The molecule has 0 fully saturated rings. The zero-order valence-corrected chi connectivity index (χ0v) is 8.01. The number of halogens is 2. The van der Waals surface area contributed by atoms with Gasteiger partial charge in [0, 0.05) is 10.6 Å². The highest BCUT2D eigenvalue weighted by Crippen LogP contribution is 2.23. The largest absolute Gasteiger partial charge is 0.481 e. The quantitative estimate of drug-likeness (QED) is 0.840. The third kappa shape index (κ3) is 2.57. The number of aliphatic carboxylic acids is 1. The van der Waals surface area contributed by atoms with E-state index in [2.05, 4.69) is 6.58 Å². The molecule has 0 bridgehead atoms. The predicted octanol–water partition coefficient (Wildman–Crippen LogP) is 2.97. The molecule has 0 aliphatic heterocycles. The first-order valence-electron chi connectivity index (χ1n) is 3.85. The highest BCUT2D eigenvalue weighted by Gasteiger charge is 2.09. The van der Waals surface area contributed by atoms with Gasteiger partial charge >= 0.3 is 5.97 Å². The van der Waals surface area contributed by atoms with E-state index in [1.165, 1.54) is 18.2 Å². The van der Waals surface area contributed by atoms with Crippen molar-refractivity contribution < 1.29 is 14.3 Å². The van der Waals surface area contributed by atoms with Crippen molar-refractivity contribution in [3.63, 3.8) is 0 Å². The average molecular weight is 215 g/mol. The molecule has 74 valence electrons. The van der Waals surface area contributed by atoms with Gasteiger partial charge in [0.25, 0.3) is 0 Å². The van der Waals surface area contributed by atoms with Crippen LogP contribution in [0.2, 0.25) is 5.02 Å². The Hall–Kier alpha value is -1.35. The molecule has 1 aromatic rings. The van der Waals surface area contributed by atoms with E-state index in [-0.39, 0.29) is 17.6 Å². The summed E-state index contributed by atoms with van der Waals surface area (Å²) in [6.45, 7) is 3.49. The van der Waals surface area contributed by atoms with E-state index in [4.69, 9.17) is 16.7 Å². The fraction of sp³-hybridized carbons (Fsp3) is 0.100. The summed E-state index contributed by atoms with van der Waals surface area (Å²) in [5.41, 5.74) is 0.359. The molecule has 0 saturated carbocycles. The van der Waals surface area contributed by atoms with Gasteiger partial charge in [-0.05, 0) is 23.8 Å². The zero-order chi connectivity index (χ0) is 10.7. The Morgan fingerprint density at radius 3 is 2.79 bits per heavy atom. The first-order valence-corrected chi connectivity index (χ1v) is 4.23. The van der Waals surface area contributed by atoms with Crippen LogP contribution in [0.5, 0.6) is 0 Å². The molecule has 0 spiro atoms. The predicted molar refractivity (Wildman–Crippen MR) is 52.7 cm³/mol. The number of benzene rings is 1. The fourth-order valence-electron chi connectivity index (χ4n) is 1.05. The molecular formula is C10H8ClFO2. The summed E-state index contributed by atoms with van der Waals surface area (Å²) in [5.74, 6) is -1.56. The highest BCUT2D eigenvalue weighted by atomic mass is 35.5. The Morgan fingerprint density at radius 2 is 2.21 bits per heavy atom. The molecule has 2 nitrogen and oxygen atoms in total. The first-order chi connectivity index (χ1) is 6.50. The molecule has 0 unspecified atom stereocenters. The number of hydrogen-bond donors (Lipinski definition) is 1. The van der Waals surface area contributed by atoms with Crippen LogP contribution in [0.3, 0.4) is 0 Å². The summed E-state index contributed by atoms with van der Waals surface area (Å²) in [6.07, 6.45) is -0.294. The number of carboxylic acid groups (broad SMARTS) is 1. The summed E-state index contributed by atoms with van der Waals surface area (Å²) >= 11 is 5.64. The maximum atomic E-state index is 13.2. The minimum atomic E-state index is -1.05. The number of carbonyl (C=O) groups is 1. The van der Waals surface area contributed by atoms with Gasteiger partial charge in [-0.25, -0.2) is 4.39 Å². The fourth-order valence-corrected chi connectivity index (χ4v) is 1.22. The third-order valence-electron chi connectivity index (χ3n) is 1.67. The summed E-state index contributed by atoms with van der Waals surface area (Å²) < 4.78 is 13.2. The van der Waals surface area contributed by atoms with Gasteiger partial charge in [-0.15, -0.1) is 0 Å². The number of rotatable bonds is 3. The molecule has 1 N–H and O–H groups in total. The first kappa shape index (κ1) is 10.7. The molecule has 1 rings (SSSR count). The van der Waals surface area contributed by atoms with Crippen molar-refractivity contribution in [3.8, 4) is 0 Å². The van der Waals surface area contributed by atoms with Crippen LogP contribution in [0.4, 0.5) is 4.39 Å². The van der Waals surface area contributed by atoms with E-state index >= 15 is 0 Å². The average Bonchev–Trinajstić information content (AvgIpc) is 2.08. The van der Waals surface area contributed by atoms with Gasteiger partial charge in [-0.2, -0.15) is 0 Å². The van der Waals surface area contributed by atoms with Crippen molar-refractivity contribution in [2.24, 2.45) is 0 Å². The molecule has 0 heterocycles. The lowest BCUT2D eigenvalue weighted by Crippen LogP contribution is -1.97. The summed E-state index contributed by atoms with van der Waals surface area (Å²) in [7, 11) is 0. The van der Waals surface area contributed by atoms with Crippen molar-refractivity contribution in [1.82, 2.24) is 0 Å². The maximum Gasteiger partial charge on any atom is 0.307 e. The van der Waals surface area contributed by atoms with Gasteiger partial charge in [-0.3, -0.25) is 4.79 Å². The Labute approximate surface area is 85.6 Å². The van der Waals surface area contributed by atoms with Crippen LogP contribution in [0, 0.1) is 5.82 Å². The molecule has 0 saturated heterocycles. The van der Waals surface area contributed by atoms with Crippen LogP contribution in [-0.4, -0.2) is 11.1 Å². The zero-order valence-electron chi connectivity index (χ0n) is 7.26. The Kier molecular flexibility index (Phi) is 3.25. The van der Waals surface area contributed by atoms with Crippen LogP contribution >= 0.6 is 11.6 Å². The standard InChI is InChI=1S/C10H8ClFO2/c1-6(4-10(13)14)8-5-7(11)2-3-9(8)12/h2-3,5H,1,4H2,(H,13,14). The summed E-state index contributed by atoms with van der Waals surface area (Å²) in [6, 6.07) is 3.95. The second kappa shape index (κ2) is 4.24.